The number of carboxylic acid groups (broad SMARTS) is 1. The second-order valence-electron chi connectivity index (χ2n) is 5.84. The molecule has 0 radical (unpaired) electrons. The van der Waals surface area contributed by atoms with Crippen LogP contribution in [0.2, 0.25) is 0 Å². The summed E-state index contributed by atoms with van der Waals surface area (Å²) in [5.74, 6) is 1.52. The number of likely N-dealkylation sites (tertiary alicyclic amines) is 1. The molecule has 1 amide bonds. The van der Waals surface area contributed by atoms with E-state index < -0.39 is 6.09 Å². The summed E-state index contributed by atoms with van der Waals surface area (Å²) in [5, 5.41) is 8.97. The highest BCUT2D eigenvalue weighted by Gasteiger charge is 2.23. The summed E-state index contributed by atoms with van der Waals surface area (Å²) in [5.41, 5.74) is 1.12. The van der Waals surface area contributed by atoms with Crippen LogP contribution in [0, 0.1) is 0 Å². The molecule has 0 saturated carbocycles. The standard InChI is InChI=1S/C19H21NO4/c21-19(22)20-11-9-16(10-12-20)24-18-8-4-7-17(13-18)23-14-15-5-2-1-3-6-15/h1-8,13,16H,9-12,14H2,(H,21,22). The Morgan fingerprint density at radius 2 is 1.75 bits per heavy atom. The van der Waals surface area contributed by atoms with Gasteiger partial charge in [-0.15, -0.1) is 0 Å². The molecule has 0 atom stereocenters. The fourth-order valence-corrected chi connectivity index (χ4v) is 2.74. The van der Waals surface area contributed by atoms with E-state index in [4.69, 9.17) is 14.6 Å². The van der Waals surface area contributed by atoms with Gasteiger partial charge in [0.15, 0.2) is 0 Å². The van der Waals surface area contributed by atoms with Gasteiger partial charge < -0.3 is 19.5 Å². The monoisotopic (exact) mass is 327 g/mol. The van der Waals surface area contributed by atoms with Gasteiger partial charge in [0.05, 0.1) is 0 Å². The number of hydrogen-bond acceptors (Lipinski definition) is 3. The Morgan fingerprint density at radius 3 is 2.46 bits per heavy atom. The molecule has 2 aromatic rings. The number of hydrogen-bond donors (Lipinski definition) is 1. The molecule has 5 nitrogen and oxygen atoms in total. The molecule has 0 aliphatic carbocycles. The van der Waals surface area contributed by atoms with E-state index in [0.29, 0.717) is 32.5 Å². The molecule has 126 valence electrons. The lowest BCUT2D eigenvalue weighted by Crippen LogP contribution is -2.41. The second-order valence-corrected chi connectivity index (χ2v) is 5.84. The Morgan fingerprint density at radius 1 is 1.04 bits per heavy atom. The zero-order chi connectivity index (χ0) is 16.8. The van der Waals surface area contributed by atoms with Crippen molar-refractivity contribution in [2.75, 3.05) is 13.1 Å². The number of nitrogens with zero attached hydrogens (tertiary/aromatic N) is 1. The molecule has 0 aromatic heterocycles. The Kier molecular flexibility index (Phi) is 5.21. The molecular formula is C19H21NO4. The van der Waals surface area contributed by atoms with Crippen LogP contribution in [0.4, 0.5) is 4.79 Å². The molecule has 1 aliphatic rings. The summed E-state index contributed by atoms with van der Waals surface area (Å²) >= 11 is 0. The number of carbonyl (C=O) groups is 1. The lowest BCUT2D eigenvalue weighted by molar-refractivity contribution is 0.0893. The van der Waals surface area contributed by atoms with Crippen LogP contribution in [0.3, 0.4) is 0 Å². The van der Waals surface area contributed by atoms with Gasteiger partial charge in [0, 0.05) is 32.0 Å². The van der Waals surface area contributed by atoms with Crippen molar-refractivity contribution in [3.05, 3.63) is 60.2 Å². The first-order chi connectivity index (χ1) is 11.7. The minimum Gasteiger partial charge on any atom is -0.490 e. The Bertz CT molecular complexity index is 666. The van der Waals surface area contributed by atoms with Crippen molar-refractivity contribution in [1.29, 1.82) is 0 Å². The number of ether oxygens (including phenoxy) is 2. The summed E-state index contributed by atoms with van der Waals surface area (Å²) in [6.45, 7) is 1.55. The molecule has 1 N–H and O–H groups in total. The Balaban J connectivity index is 1.53. The maximum absolute atomic E-state index is 10.9. The predicted octanol–water partition coefficient (Wildman–Crippen LogP) is 3.79. The van der Waals surface area contributed by atoms with Gasteiger partial charge in [-0.2, -0.15) is 0 Å². The van der Waals surface area contributed by atoms with Crippen LogP contribution in [0.5, 0.6) is 11.5 Å². The summed E-state index contributed by atoms with van der Waals surface area (Å²) in [6.07, 6.45) is 0.609. The predicted molar refractivity (Wildman–Crippen MR) is 90.5 cm³/mol. The summed E-state index contributed by atoms with van der Waals surface area (Å²) < 4.78 is 11.8. The van der Waals surface area contributed by atoms with Crippen molar-refractivity contribution in [1.82, 2.24) is 4.90 Å². The quantitative estimate of drug-likeness (QED) is 0.908. The third kappa shape index (κ3) is 4.41. The third-order valence-corrected chi connectivity index (χ3v) is 4.07. The normalized spacial score (nSPS) is 15.1. The van der Waals surface area contributed by atoms with Crippen LogP contribution >= 0.6 is 0 Å². The van der Waals surface area contributed by atoms with Crippen LogP contribution in [0.25, 0.3) is 0 Å². The van der Waals surface area contributed by atoms with Crippen LogP contribution in [-0.2, 0) is 6.61 Å². The van der Waals surface area contributed by atoms with Gasteiger partial charge in [-0.25, -0.2) is 4.79 Å². The molecule has 0 spiro atoms. The van der Waals surface area contributed by atoms with E-state index in [1.54, 1.807) is 0 Å². The summed E-state index contributed by atoms with van der Waals surface area (Å²) in [6, 6.07) is 17.6. The second kappa shape index (κ2) is 7.73. The van der Waals surface area contributed by atoms with E-state index in [-0.39, 0.29) is 6.10 Å². The molecule has 1 fully saturated rings. The van der Waals surface area contributed by atoms with Gasteiger partial charge in [-0.1, -0.05) is 36.4 Å². The number of piperidine rings is 1. The minimum atomic E-state index is -0.857. The first kappa shape index (κ1) is 16.2. The van der Waals surface area contributed by atoms with Gasteiger partial charge in [-0.3, -0.25) is 0 Å². The lowest BCUT2D eigenvalue weighted by atomic mass is 10.1. The molecular weight excluding hydrogens is 306 g/mol. The van der Waals surface area contributed by atoms with Gasteiger partial charge in [0.2, 0.25) is 0 Å². The van der Waals surface area contributed by atoms with E-state index >= 15 is 0 Å². The average Bonchev–Trinajstić information content (AvgIpc) is 2.62. The molecule has 5 heteroatoms. The largest absolute Gasteiger partial charge is 0.490 e. The van der Waals surface area contributed by atoms with Crippen molar-refractivity contribution < 1.29 is 19.4 Å². The average molecular weight is 327 g/mol. The molecule has 24 heavy (non-hydrogen) atoms. The molecule has 2 aromatic carbocycles. The van der Waals surface area contributed by atoms with E-state index in [1.165, 1.54) is 4.90 Å². The molecule has 1 saturated heterocycles. The fraction of sp³-hybridized carbons (Fsp3) is 0.316. The van der Waals surface area contributed by atoms with Gasteiger partial charge in [-0.05, 0) is 17.7 Å². The zero-order valence-electron chi connectivity index (χ0n) is 13.4. The van der Waals surface area contributed by atoms with Crippen LogP contribution < -0.4 is 9.47 Å². The summed E-state index contributed by atoms with van der Waals surface area (Å²) in [4.78, 5) is 12.4. The minimum absolute atomic E-state index is 0.0463. The van der Waals surface area contributed by atoms with Gasteiger partial charge in [0.25, 0.3) is 0 Å². The highest BCUT2D eigenvalue weighted by Crippen LogP contribution is 2.24. The Hall–Kier alpha value is -2.69. The van der Waals surface area contributed by atoms with E-state index in [1.807, 2.05) is 54.6 Å². The number of benzene rings is 2. The fourth-order valence-electron chi connectivity index (χ4n) is 2.74. The van der Waals surface area contributed by atoms with Gasteiger partial charge in [0.1, 0.15) is 24.2 Å². The number of amides is 1. The first-order valence-electron chi connectivity index (χ1n) is 8.12. The topological polar surface area (TPSA) is 59.0 Å². The van der Waals surface area contributed by atoms with E-state index in [9.17, 15) is 4.79 Å². The maximum atomic E-state index is 10.9. The third-order valence-electron chi connectivity index (χ3n) is 4.07. The maximum Gasteiger partial charge on any atom is 0.407 e. The van der Waals surface area contributed by atoms with Crippen molar-refractivity contribution in [3.63, 3.8) is 0 Å². The molecule has 0 bridgehead atoms. The zero-order valence-corrected chi connectivity index (χ0v) is 13.4. The van der Waals surface area contributed by atoms with Crippen molar-refractivity contribution in [2.24, 2.45) is 0 Å². The van der Waals surface area contributed by atoms with Crippen molar-refractivity contribution in [2.45, 2.75) is 25.6 Å². The SMILES string of the molecule is O=C(O)N1CCC(Oc2cccc(OCc3ccccc3)c2)CC1. The van der Waals surface area contributed by atoms with Crippen molar-refractivity contribution >= 4 is 6.09 Å². The van der Waals surface area contributed by atoms with Gasteiger partial charge >= 0.3 is 6.09 Å². The Labute approximate surface area is 141 Å². The first-order valence-corrected chi connectivity index (χ1v) is 8.12. The lowest BCUT2D eigenvalue weighted by Gasteiger charge is -2.30. The van der Waals surface area contributed by atoms with E-state index in [0.717, 1.165) is 17.1 Å². The highest BCUT2D eigenvalue weighted by molar-refractivity contribution is 5.65. The van der Waals surface area contributed by atoms with Crippen molar-refractivity contribution in [3.8, 4) is 11.5 Å². The van der Waals surface area contributed by atoms with Crippen LogP contribution in [-0.4, -0.2) is 35.3 Å². The van der Waals surface area contributed by atoms with Crippen LogP contribution in [0.15, 0.2) is 54.6 Å². The molecule has 0 unspecified atom stereocenters. The summed E-state index contributed by atoms with van der Waals surface area (Å²) in [7, 11) is 0. The number of rotatable bonds is 5. The van der Waals surface area contributed by atoms with E-state index in [2.05, 4.69) is 0 Å². The highest BCUT2D eigenvalue weighted by atomic mass is 16.5. The smallest absolute Gasteiger partial charge is 0.407 e. The molecule has 1 heterocycles. The van der Waals surface area contributed by atoms with Crippen LogP contribution in [0.1, 0.15) is 18.4 Å². The molecule has 1 aliphatic heterocycles. The molecule has 3 rings (SSSR count).